The lowest BCUT2D eigenvalue weighted by atomic mass is 10.0. The lowest BCUT2D eigenvalue weighted by Gasteiger charge is -2.31. The van der Waals surface area contributed by atoms with Gasteiger partial charge in [-0.2, -0.15) is 0 Å². The molecule has 26 heteroatoms. The molecule has 0 bridgehead atoms. The third-order valence-electron chi connectivity index (χ3n) is 12.5. The van der Waals surface area contributed by atoms with Crippen molar-refractivity contribution in [3.63, 3.8) is 0 Å². The normalized spacial score (nSPS) is 24.0. The first-order valence-electron chi connectivity index (χ1n) is 24.9. The van der Waals surface area contributed by atoms with E-state index in [1.54, 1.807) is 0 Å². The fourth-order valence-corrected chi connectivity index (χ4v) is 8.51. The highest BCUT2D eigenvalue weighted by Gasteiger charge is 2.41. The highest BCUT2D eigenvalue weighted by Crippen LogP contribution is 2.21. The van der Waals surface area contributed by atoms with Crippen LogP contribution < -0.4 is 60.2 Å². The maximum Gasteiger partial charge on any atom is 0.245 e. The lowest BCUT2D eigenvalue weighted by Crippen LogP contribution is -2.62. The molecule has 1 aromatic carbocycles. The van der Waals surface area contributed by atoms with E-state index in [1.807, 2.05) is 0 Å². The standard InChI is InChI=1S/C48H74N12O14/c1-26(2)11-8-6-4-3-5-7-9-12-29-41(67)56-33(23-39(51)65)44(70)55-31(21-27-14-16-28(62)17-15-27)42(68)57-34(24-40(52)66)45(71)59-35(25-61)46(72)58-32(22-38(50)64)43(69)54-30(18-19-37(49)63)48(74)60-20-10-13-36(60)47(73)53-29/h14-17,26,29-36,61-62H,3-13,18-25H2,1-2H3,(H2,49,63)(H2,50,64)(H2,51,65)(H2,52,66)(H,53,73)(H,54,69)(H,55,70)(H,56,67)(H,57,68)(H,58,72)(H,59,71)/t29-,30+,31-,32+,33-,34-,35+,36-/m1/s1. The van der Waals surface area contributed by atoms with Gasteiger partial charge in [-0.1, -0.05) is 77.3 Å². The van der Waals surface area contributed by atoms with Gasteiger partial charge in [0, 0.05) is 19.4 Å². The van der Waals surface area contributed by atoms with Gasteiger partial charge in [0.2, 0.25) is 70.9 Å². The molecule has 410 valence electrons. The number of hydrogen-bond donors (Lipinski definition) is 13. The van der Waals surface area contributed by atoms with Gasteiger partial charge >= 0.3 is 0 Å². The highest BCUT2D eigenvalue weighted by molar-refractivity contribution is 6.01. The van der Waals surface area contributed by atoms with Gasteiger partial charge < -0.3 is 75.3 Å². The SMILES string of the molecule is CC(C)CCCCCCCCC[C@H]1NC(=O)[C@H]2CCCN2C(=O)[C@H](CCC(N)=O)NC(=O)[C@H](CC(N)=O)NC(=O)[C@H](CO)NC(=O)[C@@H](CC(N)=O)NC(=O)[C@@H](Cc2ccc(O)cc2)NC(=O)[C@@H](CC(N)=O)NC1=O. The molecule has 2 aliphatic heterocycles. The second-order valence-electron chi connectivity index (χ2n) is 19.1. The van der Waals surface area contributed by atoms with Crippen LogP contribution in [0.5, 0.6) is 5.75 Å². The van der Waals surface area contributed by atoms with E-state index in [2.05, 4.69) is 51.1 Å². The molecule has 2 saturated heterocycles. The maximum absolute atomic E-state index is 14.3. The summed E-state index contributed by atoms with van der Waals surface area (Å²) < 4.78 is 0. The highest BCUT2D eigenvalue weighted by atomic mass is 16.3. The quantitative estimate of drug-likeness (QED) is 0.0499. The first kappa shape index (κ1) is 60.9. The Kier molecular flexibility index (Phi) is 25.2. The van der Waals surface area contributed by atoms with Crippen LogP contribution in [0.1, 0.15) is 122 Å². The Morgan fingerprint density at radius 2 is 0.959 bits per heavy atom. The Labute approximate surface area is 428 Å². The molecule has 0 radical (unpaired) electrons. The molecule has 0 aromatic heterocycles. The van der Waals surface area contributed by atoms with E-state index in [1.165, 1.54) is 24.3 Å². The number of phenolic OH excluding ortho intramolecular Hbond substituents is 1. The molecule has 2 aliphatic rings. The summed E-state index contributed by atoms with van der Waals surface area (Å²) in [5.74, 6) is -12.5. The molecule has 3 rings (SSSR count). The number of carbonyl (C=O) groups excluding carboxylic acids is 12. The van der Waals surface area contributed by atoms with Crippen molar-refractivity contribution in [2.45, 2.75) is 171 Å². The summed E-state index contributed by atoms with van der Waals surface area (Å²) in [6, 6.07) is -8.12. The molecule has 74 heavy (non-hydrogen) atoms. The number of fused-ring (bicyclic) bond motifs is 1. The topological polar surface area (TPSA) is 437 Å². The van der Waals surface area contributed by atoms with Gasteiger partial charge in [-0.25, -0.2) is 0 Å². The molecular formula is C48H74N12O14. The second-order valence-corrected chi connectivity index (χ2v) is 19.1. The fourth-order valence-electron chi connectivity index (χ4n) is 8.51. The van der Waals surface area contributed by atoms with Crippen molar-refractivity contribution in [2.75, 3.05) is 13.2 Å². The number of phenols is 1. The number of primary amides is 4. The first-order chi connectivity index (χ1) is 35.0. The number of nitrogens with two attached hydrogens (primary N) is 4. The molecule has 8 atom stereocenters. The van der Waals surface area contributed by atoms with Crippen molar-refractivity contribution in [1.82, 2.24) is 42.1 Å². The third kappa shape index (κ3) is 21.0. The molecule has 12 amide bonds. The van der Waals surface area contributed by atoms with Crippen LogP contribution in [0.4, 0.5) is 0 Å². The maximum atomic E-state index is 14.3. The first-order valence-corrected chi connectivity index (χ1v) is 24.9. The average molecular weight is 1040 g/mol. The van der Waals surface area contributed by atoms with E-state index in [4.69, 9.17) is 22.9 Å². The molecule has 0 saturated carbocycles. The zero-order valence-corrected chi connectivity index (χ0v) is 42.0. The largest absolute Gasteiger partial charge is 0.508 e. The van der Waals surface area contributed by atoms with Gasteiger partial charge in [0.05, 0.1) is 25.9 Å². The second kappa shape index (κ2) is 30.6. The van der Waals surface area contributed by atoms with Crippen LogP contribution in [0, 0.1) is 5.92 Å². The van der Waals surface area contributed by atoms with E-state index in [0.29, 0.717) is 24.3 Å². The predicted octanol–water partition coefficient (Wildman–Crippen LogP) is -3.62. The number of aliphatic hydroxyl groups excluding tert-OH is 1. The summed E-state index contributed by atoms with van der Waals surface area (Å²) in [6.07, 6.45) is 3.50. The van der Waals surface area contributed by atoms with Crippen molar-refractivity contribution >= 4 is 70.9 Å². The van der Waals surface area contributed by atoms with Gasteiger partial charge in [0.15, 0.2) is 0 Å². The number of nitrogens with zero attached hydrogens (tertiary/aromatic N) is 1. The molecule has 17 N–H and O–H groups in total. The Morgan fingerprint density at radius 1 is 0.541 bits per heavy atom. The molecule has 2 fully saturated rings. The third-order valence-corrected chi connectivity index (χ3v) is 12.5. The number of aliphatic hydroxyl groups is 1. The zero-order chi connectivity index (χ0) is 55.1. The zero-order valence-electron chi connectivity index (χ0n) is 42.0. The molecule has 0 unspecified atom stereocenters. The van der Waals surface area contributed by atoms with Gasteiger partial charge in [0.25, 0.3) is 0 Å². The van der Waals surface area contributed by atoms with Crippen LogP contribution >= 0.6 is 0 Å². The molecular weight excluding hydrogens is 969 g/mol. The summed E-state index contributed by atoms with van der Waals surface area (Å²) in [5, 5.41) is 36.7. The van der Waals surface area contributed by atoms with Crippen LogP contribution in [0.2, 0.25) is 0 Å². The monoisotopic (exact) mass is 1040 g/mol. The minimum absolute atomic E-state index is 0.0209. The van der Waals surface area contributed by atoms with Crippen LogP contribution in [0.15, 0.2) is 24.3 Å². The molecule has 1 aromatic rings. The van der Waals surface area contributed by atoms with Gasteiger partial charge in [0.1, 0.15) is 54.1 Å². The summed E-state index contributed by atoms with van der Waals surface area (Å²) in [5.41, 5.74) is 22.1. The van der Waals surface area contributed by atoms with E-state index in [9.17, 15) is 67.7 Å². The van der Waals surface area contributed by atoms with Gasteiger partial charge in [-0.3, -0.25) is 57.5 Å². The number of rotatable bonds is 22. The number of hydrogen-bond acceptors (Lipinski definition) is 14. The molecule has 26 nitrogen and oxygen atoms in total. The van der Waals surface area contributed by atoms with Crippen LogP contribution in [-0.2, 0) is 64.0 Å². The molecule has 2 heterocycles. The number of nitrogens with one attached hydrogen (secondary N) is 7. The fraction of sp³-hybridized carbons (Fsp3) is 0.625. The summed E-state index contributed by atoms with van der Waals surface area (Å²) in [6.45, 7) is 3.11. The van der Waals surface area contributed by atoms with Crippen LogP contribution in [-0.4, -0.2) is 147 Å². The number of aromatic hydroxyl groups is 1. The Bertz CT molecular complexity index is 2180. The number of unbranched alkanes of at least 4 members (excludes halogenated alkanes) is 6. The number of benzene rings is 1. The Hall–Kier alpha value is -7.38. The Morgan fingerprint density at radius 3 is 1.45 bits per heavy atom. The lowest BCUT2D eigenvalue weighted by molar-refractivity contribution is -0.143. The van der Waals surface area contributed by atoms with Crippen molar-refractivity contribution < 1.29 is 67.7 Å². The smallest absolute Gasteiger partial charge is 0.245 e. The number of amides is 12. The molecule has 0 aliphatic carbocycles. The summed E-state index contributed by atoms with van der Waals surface area (Å²) >= 11 is 0. The van der Waals surface area contributed by atoms with Crippen molar-refractivity contribution in [3.8, 4) is 5.75 Å². The van der Waals surface area contributed by atoms with Crippen LogP contribution in [0.3, 0.4) is 0 Å². The predicted molar refractivity (Wildman–Crippen MR) is 263 cm³/mol. The Balaban J connectivity index is 2.15. The van der Waals surface area contributed by atoms with Crippen LogP contribution in [0.25, 0.3) is 0 Å². The van der Waals surface area contributed by atoms with E-state index in [0.717, 1.165) is 43.4 Å². The van der Waals surface area contributed by atoms with Crippen molar-refractivity contribution in [1.29, 1.82) is 0 Å². The van der Waals surface area contributed by atoms with E-state index in [-0.39, 0.29) is 38.0 Å². The summed E-state index contributed by atoms with van der Waals surface area (Å²) in [7, 11) is 0. The minimum atomic E-state index is -1.96. The molecule has 0 spiro atoms. The van der Waals surface area contributed by atoms with Crippen molar-refractivity contribution in [3.05, 3.63) is 29.8 Å². The van der Waals surface area contributed by atoms with Gasteiger partial charge in [-0.15, -0.1) is 0 Å². The van der Waals surface area contributed by atoms with E-state index >= 15 is 0 Å². The van der Waals surface area contributed by atoms with Crippen molar-refractivity contribution in [2.24, 2.45) is 28.9 Å². The van der Waals surface area contributed by atoms with E-state index < -0.39 is 158 Å². The average Bonchev–Trinajstić information content (AvgIpc) is 3.82. The minimum Gasteiger partial charge on any atom is -0.508 e. The summed E-state index contributed by atoms with van der Waals surface area (Å²) in [4.78, 5) is 163. The number of carbonyl (C=O) groups is 12. The van der Waals surface area contributed by atoms with Gasteiger partial charge in [-0.05, 0) is 49.3 Å².